The minimum atomic E-state index is -0.139. The monoisotopic (exact) mass is 328 g/mol. The standard InChI is InChI=1S/C21H16N2O2/c22-12-19-13-23-21(25-19)20(24)18-9-8-16-10-15(6-7-17(16)11-18)14-4-2-1-3-5-14/h1-7,10,13,18H,8-9,11H2. The van der Waals surface area contributed by atoms with Gasteiger partial charge in [0.15, 0.2) is 0 Å². The number of rotatable bonds is 3. The van der Waals surface area contributed by atoms with Crippen LogP contribution in [0.4, 0.5) is 0 Å². The lowest BCUT2D eigenvalue weighted by molar-refractivity contribution is 0.0872. The van der Waals surface area contributed by atoms with Gasteiger partial charge in [-0.1, -0.05) is 48.5 Å². The number of aromatic nitrogens is 1. The van der Waals surface area contributed by atoms with Gasteiger partial charge in [0.05, 0.1) is 6.20 Å². The number of oxazole rings is 1. The molecule has 1 aliphatic carbocycles. The van der Waals surface area contributed by atoms with Gasteiger partial charge in [0.2, 0.25) is 11.5 Å². The van der Waals surface area contributed by atoms with E-state index in [0.29, 0.717) is 6.42 Å². The van der Waals surface area contributed by atoms with E-state index in [1.54, 1.807) is 0 Å². The van der Waals surface area contributed by atoms with Crippen molar-refractivity contribution in [2.24, 2.45) is 5.92 Å². The average Bonchev–Trinajstić information content (AvgIpc) is 3.16. The number of ketones is 1. The molecule has 2 aromatic carbocycles. The van der Waals surface area contributed by atoms with Crippen LogP contribution in [-0.4, -0.2) is 10.8 Å². The van der Waals surface area contributed by atoms with Crippen molar-refractivity contribution >= 4 is 5.78 Å². The van der Waals surface area contributed by atoms with Crippen molar-refractivity contribution in [1.29, 1.82) is 5.26 Å². The van der Waals surface area contributed by atoms with Crippen LogP contribution in [0.2, 0.25) is 0 Å². The summed E-state index contributed by atoms with van der Waals surface area (Å²) in [6, 6.07) is 18.6. The molecule has 1 atom stereocenters. The molecule has 0 spiro atoms. The quantitative estimate of drug-likeness (QED) is 0.676. The predicted octanol–water partition coefficient (Wildman–Crippen LogP) is 4.20. The second-order valence-corrected chi connectivity index (χ2v) is 6.29. The van der Waals surface area contributed by atoms with E-state index in [9.17, 15) is 4.79 Å². The molecule has 0 fully saturated rings. The molecule has 1 heterocycles. The Kier molecular flexibility index (Phi) is 3.91. The summed E-state index contributed by atoms with van der Waals surface area (Å²) in [5.41, 5.74) is 4.91. The molecule has 0 radical (unpaired) electrons. The maximum Gasteiger partial charge on any atom is 0.264 e. The maximum absolute atomic E-state index is 12.6. The molecule has 3 aromatic rings. The number of nitrogens with zero attached hydrogens (tertiary/aromatic N) is 2. The number of benzene rings is 2. The van der Waals surface area contributed by atoms with Gasteiger partial charge >= 0.3 is 0 Å². The summed E-state index contributed by atoms with van der Waals surface area (Å²) in [7, 11) is 0. The summed E-state index contributed by atoms with van der Waals surface area (Å²) in [6.07, 6.45) is 3.62. The fourth-order valence-electron chi connectivity index (χ4n) is 3.40. The lowest BCUT2D eigenvalue weighted by atomic mass is 9.80. The average molecular weight is 328 g/mol. The van der Waals surface area contributed by atoms with E-state index in [1.807, 2.05) is 24.3 Å². The molecule has 1 aromatic heterocycles. The second kappa shape index (κ2) is 6.37. The molecule has 0 saturated carbocycles. The van der Waals surface area contributed by atoms with Gasteiger partial charge in [0.1, 0.15) is 6.07 Å². The van der Waals surface area contributed by atoms with Crippen molar-refractivity contribution in [3.8, 4) is 17.2 Å². The topological polar surface area (TPSA) is 66.9 Å². The Morgan fingerprint density at radius 3 is 2.72 bits per heavy atom. The van der Waals surface area contributed by atoms with Crippen molar-refractivity contribution in [3.05, 3.63) is 77.5 Å². The molecule has 4 nitrogen and oxygen atoms in total. The zero-order valence-electron chi connectivity index (χ0n) is 13.6. The number of fused-ring (bicyclic) bond motifs is 1. The minimum Gasteiger partial charge on any atom is -0.423 e. The fraction of sp³-hybridized carbons (Fsp3) is 0.190. The van der Waals surface area contributed by atoms with Crippen LogP contribution in [-0.2, 0) is 12.8 Å². The predicted molar refractivity (Wildman–Crippen MR) is 92.9 cm³/mol. The molecule has 0 saturated heterocycles. The third-order valence-corrected chi connectivity index (χ3v) is 4.74. The van der Waals surface area contributed by atoms with Gasteiger partial charge in [-0.25, -0.2) is 4.98 Å². The maximum atomic E-state index is 12.6. The van der Waals surface area contributed by atoms with E-state index < -0.39 is 0 Å². The number of nitriles is 1. The second-order valence-electron chi connectivity index (χ2n) is 6.29. The lowest BCUT2D eigenvalue weighted by Gasteiger charge is -2.23. The van der Waals surface area contributed by atoms with Crippen molar-refractivity contribution in [3.63, 3.8) is 0 Å². The van der Waals surface area contributed by atoms with Crippen LogP contribution in [0.15, 0.2) is 59.1 Å². The molecule has 25 heavy (non-hydrogen) atoms. The molecule has 1 unspecified atom stereocenters. The van der Waals surface area contributed by atoms with Crippen LogP contribution < -0.4 is 0 Å². The Balaban J connectivity index is 1.56. The molecule has 122 valence electrons. The third kappa shape index (κ3) is 2.97. The summed E-state index contributed by atoms with van der Waals surface area (Å²) < 4.78 is 5.19. The SMILES string of the molecule is N#Cc1cnc(C(=O)C2CCc3cc(-c4ccccc4)ccc3C2)o1. The smallest absolute Gasteiger partial charge is 0.264 e. The van der Waals surface area contributed by atoms with E-state index in [1.165, 1.54) is 28.5 Å². The van der Waals surface area contributed by atoms with E-state index in [0.717, 1.165) is 12.8 Å². The summed E-state index contributed by atoms with van der Waals surface area (Å²) in [4.78, 5) is 16.5. The molecule has 0 aliphatic heterocycles. The number of Topliss-reactive ketones (excluding diaryl/α,β-unsaturated/α-hetero) is 1. The largest absolute Gasteiger partial charge is 0.423 e. The summed E-state index contributed by atoms with van der Waals surface area (Å²) in [5, 5.41) is 8.80. The fourth-order valence-corrected chi connectivity index (χ4v) is 3.40. The van der Waals surface area contributed by atoms with Gasteiger partial charge < -0.3 is 4.42 Å². The molecule has 0 amide bonds. The van der Waals surface area contributed by atoms with Gasteiger partial charge in [0, 0.05) is 5.92 Å². The highest BCUT2D eigenvalue weighted by molar-refractivity contribution is 5.94. The number of hydrogen-bond acceptors (Lipinski definition) is 4. The third-order valence-electron chi connectivity index (χ3n) is 4.74. The highest BCUT2D eigenvalue weighted by atomic mass is 16.4. The Labute approximate surface area is 145 Å². The first-order valence-electron chi connectivity index (χ1n) is 8.32. The molecule has 0 N–H and O–H groups in total. The van der Waals surface area contributed by atoms with Crippen LogP contribution in [0.3, 0.4) is 0 Å². The first kappa shape index (κ1) is 15.3. The van der Waals surface area contributed by atoms with Crippen molar-refractivity contribution in [1.82, 2.24) is 4.98 Å². The van der Waals surface area contributed by atoms with Crippen LogP contribution >= 0.6 is 0 Å². The van der Waals surface area contributed by atoms with Crippen molar-refractivity contribution in [2.45, 2.75) is 19.3 Å². The normalized spacial score (nSPS) is 16.0. The molecule has 4 rings (SSSR count). The minimum absolute atomic E-state index is 0.0471. The van der Waals surface area contributed by atoms with E-state index >= 15 is 0 Å². The van der Waals surface area contributed by atoms with E-state index in [2.05, 4.69) is 35.3 Å². The van der Waals surface area contributed by atoms with Gasteiger partial charge in [0.25, 0.3) is 5.89 Å². The molecule has 1 aliphatic rings. The van der Waals surface area contributed by atoms with Crippen molar-refractivity contribution in [2.75, 3.05) is 0 Å². The van der Waals surface area contributed by atoms with Gasteiger partial charge in [-0.05, 0) is 41.5 Å². The number of carbonyl (C=O) groups excluding carboxylic acids is 1. The zero-order valence-corrected chi connectivity index (χ0v) is 13.6. The van der Waals surface area contributed by atoms with E-state index in [4.69, 9.17) is 9.68 Å². The van der Waals surface area contributed by atoms with Crippen LogP contribution in [0, 0.1) is 17.2 Å². The molecule has 0 bridgehead atoms. The molecular weight excluding hydrogens is 312 g/mol. The van der Waals surface area contributed by atoms with Crippen molar-refractivity contribution < 1.29 is 9.21 Å². The van der Waals surface area contributed by atoms with E-state index in [-0.39, 0.29) is 23.4 Å². The highest BCUT2D eigenvalue weighted by Gasteiger charge is 2.28. The van der Waals surface area contributed by atoms with Crippen LogP contribution in [0.25, 0.3) is 11.1 Å². The Hall–Kier alpha value is -3.19. The Morgan fingerprint density at radius 2 is 1.96 bits per heavy atom. The van der Waals surface area contributed by atoms with Crippen LogP contribution in [0.5, 0.6) is 0 Å². The summed E-state index contributed by atoms with van der Waals surface area (Å²) in [5.74, 6) is -0.127. The Morgan fingerprint density at radius 1 is 1.12 bits per heavy atom. The van der Waals surface area contributed by atoms with Gasteiger partial charge in [-0.3, -0.25) is 4.79 Å². The Bertz CT molecular complexity index is 967. The number of aryl methyl sites for hydroxylation is 1. The molecule has 4 heteroatoms. The number of carbonyl (C=O) groups is 1. The zero-order chi connectivity index (χ0) is 17.2. The van der Waals surface area contributed by atoms with Gasteiger partial charge in [-0.2, -0.15) is 5.26 Å². The lowest BCUT2D eigenvalue weighted by Crippen LogP contribution is -2.23. The summed E-state index contributed by atoms with van der Waals surface area (Å²) in [6.45, 7) is 0. The summed E-state index contributed by atoms with van der Waals surface area (Å²) >= 11 is 0. The first-order valence-corrected chi connectivity index (χ1v) is 8.32. The number of hydrogen-bond donors (Lipinski definition) is 0. The highest BCUT2D eigenvalue weighted by Crippen LogP contribution is 2.31. The molecular formula is C21H16N2O2. The first-order chi connectivity index (χ1) is 12.2. The van der Waals surface area contributed by atoms with Crippen LogP contribution in [0.1, 0.15) is 34.0 Å². The van der Waals surface area contributed by atoms with Gasteiger partial charge in [-0.15, -0.1) is 0 Å².